The normalized spacial score (nSPS) is 11.4. The lowest BCUT2D eigenvalue weighted by Crippen LogP contribution is -2.36. The molecule has 0 unspecified atom stereocenters. The van der Waals surface area contributed by atoms with Gasteiger partial charge in [-0.25, -0.2) is 8.42 Å². The van der Waals surface area contributed by atoms with Crippen LogP contribution in [0, 0.1) is 0 Å². The average molecular weight is 369 g/mol. The third-order valence-electron chi connectivity index (χ3n) is 3.84. The van der Waals surface area contributed by atoms with Gasteiger partial charge in [-0.3, -0.25) is 9.59 Å². The molecular formula is C17H27N3O4S. The molecule has 140 valence electrons. The van der Waals surface area contributed by atoms with Gasteiger partial charge in [0, 0.05) is 33.6 Å². The van der Waals surface area contributed by atoms with Crippen LogP contribution in [0.25, 0.3) is 0 Å². The van der Waals surface area contributed by atoms with Gasteiger partial charge in [0.1, 0.15) is 0 Å². The fourth-order valence-corrected chi connectivity index (χ4v) is 3.68. The van der Waals surface area contributed by atoms with Gasteiger partial charge >= 0.3 is 0 Å². The summed E-state index contributed by atoms with van der Waals surface area (Å²) >= 11 is 0. The topological polar surface area (TPSA) is 86.8 Å². The first-order chi connectivity index (χ1) is 11.7. The van der Waals surface area contributed by atoms with Crippen molar-refractivity contribution in [3.05, 3.63) is 29.8 Å². The number of nitrogens with one attached hydrogen (secondary N) is 1. The van der Waals surface area contributed by atoms with Crippen molar-refractivity contribution >= 4 is 21.8 Å². The van der Waals surface area contributed by atoms with Gasteiger partial charge in [0.2, 0.25) is 21.8 Å². The fourth-order valence-electron chi connectivity index (χ4n) is 2.22. The molecule has 2 amide bonds. The Morgan fingerprint density at radius 3 is 2.08 bits per heavy atom. The van der Waals surface area contributed by atoms with E-state index in [4.69, 9.17) is 0 Å². The summed E-state index contributed by atoms with van der Waals surface area (Å²) in [6, 6.07) is 6.57. The Morgan fingerprint density at radius 2 is 1.60 bits per heavy atom. The van der Waals surface area contributed by atoms with Crippen molar-refractivity contribution in [3.63, 3.8) is 0 Å². The lowest BCUT2D eigenvalue weighted by Gasteiger charge is -2.18. The number of carbonyl (C=O) groups is 2. The Bertz CT molecular complexity index is 680. The minimum Gasteiger partial charge on any atom is -0.347 e. The number of carbonyl (C=O) groups excluding carboxylic acids is 2. The first kappa shape index (κ1) is 21.1. The van der Waals surface area contributed by atoms with Crippen molar-refractivity contribution in [1.82, 2.24) is 14.5 Å². The van der Waals surface area contributed by atoms with E-state index in [9.17, 15) is 18.0 Å². The Kier molecular flexibility index (Phi) is 8.05. The number of rotatable bonds is 9. The van der Waals surface area contributed by atoms with Crippen LogP contribution in [0.4, 0.5) is 0 Å². The smallest absolute Gasteiger partial charge is 0.243 e. The molecule has 0 aliphatic rings. The largest absolute Gasteiger partial charge is 0.347 e. The molecular weight excluding hydrogens is 342 g/mol. The third kappa shape index (κ3) is 6.13. The van der Waals surface area contributed by atoms with E-state index in [2.05, 4.69) is 5.32 Å². The molecule has 0 radical (unpaired) electrons. The molecule has 0 atom stereocenters. The van der Waals surface area contributed by atoms with Crippen LogP contribution in [0.2, 0.25) is 0 Å². The van der Waals surface area contributed by atoms with Crippen molar-refractivity contribution in [2.45, 2.75) is 31.6 Å². The molecule has 0 aliphatic carbocycles. The summed E-state index contributed by atoms with van der Waals surface area (Å²) in [6.07, 6.45) is 0.719. The number of benzene rings is 1. The molecule has 0 bridgehead atoms. The van der Waals surface area contributed by atoms with E-state index in [1.807, 2.05) is 0 Å². The summed E-state index contributed by atoms with van der Waals surface area (Å²) < 4.78 is 26.2. The highest BCUT2D eigenvalue weighted by Gasteiger charge is 2.21. The maximum atomic E-state index is 12.4. The second-order valence-corrected chi connectivity index (χ2v) is 7.74. The maximum absolute atomic E-state index is 12.4. The Labute approximate surface area is 150 Å². The highest BCUT2D eigenvalue weighted by molar-refractivity contribution is 7.89. The number of sulfonamides is 1. The number of amides is 2. The standard InChI is InChI=1S/C17H27N3O4S/c1-5-20(6-2)25(23,24)15-10-7-14(8-11-15)9-12-16(21)18-13-17(22)19(3)4/h7-8,10-11H,5-6,9,12-13H2,1-4H3,(H,18,21). The summed E-state index contributed by atoms with van der Waals surface area (Å²) in [5.41, 5.74) is 0.868. The fraction of sp³-hybridized carbons (Fsp3) is 0.529. The highest BCUT2D eigenvalue weighted by atomic mass is 32.2. The molecule has 0 heterocycles. The van der Waals surface area contributed by atoms with E-state index in [1.54, 1.807) is 52.2 Å². The van der Waals surface area contributed by atoms with E-state index >= 15 is 0 Å². The van der Waals surface area contributed by atoms with Crippen molar-refractivity contribution in [3.8, 4) is 0 Å². The third-order valence-corrected chi connectivity index (χ3v) is 5.91. The molecule has 8 heteroatoms. The molecule has 25 heavy (non-hydrogen) atoms. The van der Waals surface area contributed by atoms with E-state index in [1.165, 1.54) is 9.21 Å². The van der Waals surface area contributed by atoms with E-state index in [-0.39, 0.29) is 29.7 Å². The molecule has 0 aliphatic heterocycles. The van der Waals surface area contributed by atoms with E-state index in [0.717, 1.165) is 5.56 Å². The Balaban J connectivity index is 2.60. The summed E-state index contributed by atoms with van der Waals surface area (Å²) in [4.78, 5) is 24.8. The summed E-state index contributed by atoms with van der Waals surface area (Å²) in [5.74, 6) is -0.380. The summed E-state index contributed by atoms with van der Waals surface area (Å²) in [5, 5.41) is 2.57. The first-order valence-corrected chi connectivity index (χ1v) is 9.72. The number of hydrogen-bond acceptors (Lipinski definition) is 4. The van der Waals surface area contributed by atoms with Crippen molar-refractivity contribution in [1.29, 1.82) is 0 Å². The van der Waals surface area contributed by atoms with Gasteiger partial charge < -0.3 is 10.2 Å². The summed E-state index contributed by atoms with van der Waals surface area (Å²) in [6.45, 7) is 4.43. The molecule has 0 saturated heterocycles. The van der Waals surface area contributed by atoms with Gasteiger partial charge in [-0.2, -0.15) is 4.31 Å². The number of likely N-dealkylation sites (N-methyl/N-ethyl adjacent to an activating group) is 1. The van der Waals surface area contributed by atoms with Crippen LogP contribution in [0.15, 0.2) is 29.2 Å². The van der Waals surface area contributed by atoms with Gasteiger partial charge in [-0.15, -0.1) is 0 Å². The molecule has 0 aromatic heterocycles. The van der Waals surface area contributed by atoms with Crippen molar-refractivity contribution < 1.29 is 18.0 Å². The molecule has 0 fully saturated rings. The zero-order chi connectivity index (χ0) is 19.0. The second-order valence-electron chi connectivity index (χ2n) is 5.80. The van der Waals surface area contributed by atoms with Gasteiger partial charge in [0.05, 0.1) is 11.4 Å². The lowest BCUT2D eigenvalue weighted by molar-refractivity contribution is -0.130. The quantitative estimate of drug-likeness (QED) is 0.699. The monoisotopic (exact) mass is 369 g/mol. The molecule has 0 saturated carbocycles. The van der Waals surface area contributed by atoms with Crippen molar-refractivity contribution in [2.75, 3.05) is 33.7 Å². The predicted octanol–water partition coefficient (Wildman–Crippen LogP) is 0.854. The molecule has 0 spiro atoms. The molecule has 7 nitrogen and oxygen atoms in total. The zero-order valence-electron chi connectivity index (χ0n) is 15.3. The number of hydrogen-bond donors (Lipinski definition) is 1. The van der Waals surface area contributed by atoms with Gasteiger partial charge in [-0.05, 0) is 24.1 Å². The average Bonchev–Trinajstić information content (AvgIpc) is 2.58. The minimum atomic E-state index is -3.46. The predicted molar refractivity (Wildman–Crippen MR) is 96.6 cm³/mol. The van der Waals surface area contributed by atoms with E-state index in [0.29, 0.717) is 19.5 Å². The van der Waals surface area contributed by atoms with Crippen LogP contribution in [0.5, 0.6) is 0 Å². The molecule has 1 rings (SSSR count). The summed E-state index contributed by atoms with van der Waals surface area (Å²) in [7, 11) is -0.209. The van der Waals surface area contributed by atoms with Crippen LogP contribution in [-0.4, -0.2) is 63.2 Å². The van der Waals surface area contributed by atoms with Gasteiger partial charge in [-0.1, -0.05) is 26.0 Å². The van der Waals surface area contributed by atoms with E-state index < -0.39 is 10.0 Å². The van der Waals surface area contributed by atoms with Gasteiger partial charge in [0.15, 0.2) is 0 Å². The first-order valence-electron chi connectivity index (χ1n) is 8.28. The molecule has 1 N–H and O–H groups in total. The zero-order valence-corrected chi connectivity index (χ0v) is 16.1. The van der Waals surface area contributed by atoms with Crippen LogP contribution in [0.3, 0.4) is 0 Å². The number of nitrogens with zero attached hydrogens (tertiary/aromatic N) is 2. The SMILES string of the molecule is CCN(CC)S(=O)(=O)c1ccc(CCC(=O)NCC(=O)N(C)C)cc1. The van der Waals surface area contributed by atoms with Crippen LogP contribution < -0.4 is 5.32 Å². The lowest BCUT2D eigenvalue weighted by atomic mass is 10.1. The van der Waals surface area contributed by atoms with Crippen molar-refractivity contribution in [2.24, 2.45) is 0 Å². The maximum Gasteiger partial charge on any atom is 0.243 e. The van der Waals surface area contributed by atoms with Crippen LogP contribution >= 0.6 is 0 Å². The van der Waals surface area contributed by atoms with Gasteiger partial charge in [0.25, 0.3) is 0 Å². The van der Waals surface area contributed by atoms with Crippen LogP contribution in [-0.2, 0) is 26.0 Å². The minimum absolute atomic E-state index is 0.0209. The highest BCUT2D eigenvalue weighted by Crippen LogP contribution is 2.16. The van der Waals surface area contributed by atoms with Crippen LogP contribution in [0.1, 0.15) is 25.8 Å². The number of aryl methyl sites for hydroxylation is 1. The second kappa shape index (κ2) is 9.53. The Hall–Kier alpha value is -1.93. The molecule has 1 aromatic rings. The molecule has 1 aromatic carbocycles. The Morgan fingerprint density at radius 1 is 1.04 bits per heavy atom.